The van der Waals surface area contributed by atoms with E-state index in [1.807, 2.05) is 19.9 Å². The highest BCUT2D eigenvalue weighted by molar-refractivity contribution is 6.00. The van der Waals surface area contributed by atoms with Gasteiger partial charge in [-0.1, -0.05) is 6.07 Å². The standard InChI is InChI=1S/C25H31N3O4/c1-15(12-29)28-11-22-23(25(28)30)16(2)17(3)24(26-22)27-8-6-20(7-9-27)32-21-5-4-18-13-31-14-19(18)10-21/h4-5,10,15,20,29H,6-9,11-14H2,1-3H3/t15-/m1/s1. The Bertz CT molecular complexity index is 1050. The highest BCUT2D eigenvalue weighted by Gasteiger charge is 2.35. The van der Waals surface area contributed by atoms with Crippen LogP contribution in [-0.4, -0.2) is 52.7 Å². The molecule has 0 saturated carbocycles. The summed E-state index contributed by atoms with van der Waals surface area (Å²) in [7, 11) is 0. The van der Waals surface area contributed by atoms with Crippen molar-refractivity contribution in [1.82, 2.24) is 9.88 Å². The second-order valence-electron chi connectivity index (χ2n) is 9.20. The molecular formula is C25H31N3O4. The van der Waals surface area contributed by atoms with Crippen LogP contribution in [0, 0.1) is 13.8 Å². The number of ether oxygens (including phenoxy) is 2. The van der Waals surface area contributed by atoms with Crippen LogP contribution in [0.15, 0.2) is 18.2 Å². The zero-order valence-electron chi connectivity index (χ0n) is 19.1. The molecule has 5 rings (SSSR count). The second-order valence-corrected chi connectivity index (χ2v) is 9.20. The first-order valence-electron chi connectivity index (χ1n) is 11.5. The van der Waals surface area contributed by atoms with Crippen molar-refractivity contribution in [2.24, 2.45) is 0 Å². The van der Waals surface area contributed by atoms with E-state index in [1.165, 1.54) is 11.1 Å². The first-order valence-corrected chi connectivity index (χ1v) is 11.5. The van der Waals surface area contributed by atoms with Crippen LogP contribution in [0.2, 0.25) is 0 Å². The molecule has 1 N–H and O–H groups in total. The number of benzene rings is 1. The molecule has 1 atom stereocenters. The Morgan fingerprint density at radius 2 is 1.94 bits per heavy atom. The zero-order valence-corrected chi connectivity index (χ0v) is 19.1. The fourth-order valence-corrected chi connectivity index (χ4v) is 4.98. The molecule has 32 heavy (non-hydrogen) atoms. The minimum absolute atomic E-state index is 0.0203. The summed E-state index contributed by atoms with van der Waals surface area (Å²) in [6.45, 7) is 9.46. The molecule has 0 aliphatic carbocycles. The van der Waals surface area contributed by atoms with Crippen LogP contribution >= 0.6 is 0 Å². The number of anilines is 1. The molecule has 0 unspecified atom stereocenters. The number of rotatable bonds is 5. The largest absolute Gasteiger partial charge is 0.490 e. The van der Waals surface area contributed by atoms with E-state index in [0.717, 1.165) is 54.3 Å². The van der Waals surface area contributed by atoms with Gasteiger partial charge in [0.2, 0.25) is 0 Å². The Balaban J connectivity index is 1.28. The minimum atomic E-state index is -0.210. The van der Waals surface area contributed by atoms with E-state index in [9.17, 15) is 9.90 Å². The first kappa shape index (κ1) is 21.2. The molecule has 1 saturated heterocycles. The number of aliphatic hydroxyl groups excluding tert-OH is 1. The Morgan fingerprint density at radius 1 is 1.19 bits per heavy atom. The third-order valence-corrected chi connectivity index (χ3v) is 7.13. The normalized spacial score (nSPS) is 19.3. The summed E-state index contributed by atoms with van der Waals surface area (Å²) >= 11 is 0. The predicted octanol–water partition coefficient (Wildman–Crippen LogP) is 3.11. The summed E-state index contributed by atoms with van der Waals surface area (Å²) in [6, 6.07) is 6.06. The lowest BCUT2D eigenvalue weighted by Gasteiger charge is -2.34. The molecule has 3 aliphatic heterocycles. The SMILES string of the molecule is Cc1c(N2CCC(Oc3ccc4c(c3)COC4)CC2)nc2c(c1C)C(=O)N([C@H](C)CO)C2. The maximum Gasteiger partial charge on any atom is 0.256 e. The summed E-state index contributed by atoms with van der Waals surface area (Å²) in [5.41, 5.74) is 6.09. The van der Waals surface area contributed by atoms with Crippen LogP contribution in [0.1, 0.15) is 58.1 Å². The number of hydrogen-bond acceptors (Lipinski definition) is 6. The third-order valence-electron chi connectivity index (χ3n) is 7.13. The van der Waals surface area contributed by atoms with Crippen molar-refractivity contribution in [3.8, 4) is 5.75 Å². The topological polar surface area (TPSA) is 75.1 Å². The fourth-order valence-electron chi connectivity index (χ4n) is 4.98. The maximum absolute atomic E-state index is 12.9. The van der Waals surface area contributed by atoms with Gasteiger partial charge < -0.3 is 24.4 Å². The summed E-state index contributed by atoms with van der Waals surface area (Å²) in [6.07, 6.45) is 2.04. The van der Waals surface area contributed by atoms with Gasteiger partial charge in [0.15, 0.2) is 0 Å². The first-order chi connectivity index (χ1) is 15.5. The Hall–Kier alpha value is -2.64. The molecule has 2 aromatic rings. The van der Waals surface area contributed by atoms with Crippen LogP contribution in [0.3, 0.4) is 0 Å². The van der Waals surface area contributed by atoms with E-state index in [4.69, 9.17) is 14.5 Å². The van der Waals surface area contributed by atoms with E-state index in [0.29, 0.717) is 25.3 Å². The van der Waals surface area contributed by atoms with Crippen LogP contribution in [0.5, 0.6) is 5.75 Å². The van der Waals surface area contributed by atoms with Gasteiger partial charge >= 0.3 is 0 Å². The van der Waals surface area contributed by atoms with Gasteiger partial charge in [0.05, 0.1) is 43.7 Å². The smallest absolute Gasteiger partial charge is 0.256 e. The molecule has 0 bridgehead atoms. The molecular weight excluding hydrogens is 406 g/mol. The molecule has 0 radical (unpaired) electrons. The maximum atomic E-state index is 12.9. The Labute approximate surface area is 189 Å². The molecule has 1 aromatic carbocycles. The molecule has 3 aliphatic rings. The second kappa shape index (κ2) is 8.37. The molecule has 7 nitrogen and oxygen atoms in total. The molecule has 1 aromatic heterocycles. The van der Waals surface area contributed by atoms with Gasteiger partial charge in [-0.2, -0.15) is 0 Å². The van der Waals surface area contributed by atoms with Crippen molar-refractivity contribution in [2.75, 3.05) is 24.6 Å². The third kappa shape index (κ3) is 3.63. The lowest BCUT2D eigenvalue weighted by molar-refractivity contribution is 0.0642. The van der Waals surface area contributed by atoms with Gasteiger partial charge in [0.1, 0.15) is 17.7 Å². The fraction of sp³-hybridized carbons (Fsp3) is 0.520. The van der Waals surface area contributed by atoms with Crippen molar-refractivity contribution in [2.45, 2.75) is 65.5 Å². The summed E-state index contributed by atoms with van der Waals surface area (Å²) in [4.78, 5) is 21.9. The summed E-state index contributed by atoms with van der Waals surface area (Å²) in [5.74, 6) is 1.88. The van der Waals surface area contributed by atoms with Gasteiger partial charge in [0.25, 0.3) is 5.91 Å². The number of fused-ring (bicyclic) bond motifs is 2. The van der Waals surface area contributed by atoms with Crippen molar-refractivity contribution in [3.05, 3.63) is 51.7 Å². The number of amides is 1. The highest BCUT2D eigenvalue weighted by atomic mass is 16.5. The van der Waals surface area contributed by atoms with E-state index < -0.39 is 0 Å². The van der Waals surface area contributed by atoms with Crippen molar-refractivity contribution < 1.29 is 19.4 Å². The van der Waals surface area contributed by atoms with Crippen LogP contribution in [0.25, 0.3) is 0 Å². The van der Waals surface area contributed by atoms with Crippen LogP contribution in [-0.2, 0) is 24.5 Å². The monoisotopic (exact) mass is 437 g/mol. The quantitative estimate of drug-likeness (QED) is 0.775. The zero-order chi connectivity index (χ0) is 22.4. The Kier molecular flexibility index (Phi) is 5.55. The van der Waals surface area contributed by atoms with Gasteiger partial charge in [-0.15, -0.1) is 0 Å². The predicted molar refractivity (Wildman–Crippen MR) is 121 cm³/mol. The molecule has 1 amide bonds. The number of carbonyl (C=O) groups is 1. The number of nitrogens with zero attached hydrogens (tertiary/aromatic N) is 3. The molecule has 1 fully saturated rings. The van der Waals surface area contributed by atoms with E-state index in [2.05, 4.69) is 24.0 Å². The molecule has 7 heteroatoms. The van der Waals surface area contributed by atoms with E-state index in [-0.39, 0.29) is 24.7 Å². The van der Waals surface area contributed by atoms with Crippen molar-refractivity contribution >= 4 is 11.7 Å². The number of pyridine rings is 1. The Morgan fingerprint density at radius 3 is 2.69 bits per heavy atom. The number of piperidine rings is 1. The summed E-state index contributed by atoms with van der Waals surface area (Å²) in [5, 5.41) is 9.51. The van der Waals surface area contributed by atoms with Gasteiger partial charge in [-0.25, -0.2) is 4.98 Å². The minimum Gasteiger partial charge on any atom is -0.490 e. The van der Waals surface area contributed by atoms with Crippen molar-refractivity contribution in [1.29, 1.82) is 0 Å². The number of hydrogen-bond donors (Lipinski definition) is 1. The van der Waals surface area contributed by atoms with E-state index >= 15 is 0 Å². The number of aliphatic hydroxyl groups is 1. The summed E-state index contributed by atoms with van der Waals surface area (Å²) < 4.78 is 11.8. The lowest BCUT2D eigenvalue weighted by atomic mass is 10.0. The average molecular weight is 438 g/mol. The number of aromatic nitrogens is 1. The van der Waals surface area contributed by atoms with Crippen molar-refractivity contribution in [3.63, 3.8) is 0 Å². The molecule has 0 spiro atoms. The number of carbonyl (C=O) groups excluding carboxylic acids is 1. The molecule has 4 heterocycles. The molecule has 170 valence electrons. The van der Waals surface area contributed by atoms with E-state index in [1.54, 1.807) is 4.90 Å². The lowest BCUT2D eigenvalue weighted by Crippen LogP contribution is -2.39. The average Bonchev–Trinajstić information content (AvgIpc) is 3.40. The van der Waals surface area contributed by atoms with Crippen LogP contribution < -0.4 is 9.64 Å². The van der Waals surface area contributed by atoms with Gasteiger partial charge in [-0.3, -0.25) is 4.79 Å². The van der Waals surface area contributed by atoms with Gasteiger partial charge in [-0.05, 0) is 55.2 Å². The van der Waals surface area contributed by atoms with Crippen LogP contribution in [0.4, 0.5) is 5.82 Å². The highest BCUT2D eigenvalue weighted by Crippen LogP contribution is 2.34. The van der Waals surface area contributed by atoms with Gasteiger partial charge in [0, 0.05) is 25.9 Å².